The van der Waals surface area contributed by atoms with Gasteiger partial charge in [0.15, 0.2) is 9.84 Å². The van der Waals surface area contributed by atoms with Crippen molar-refractivity contribution in [3.63, 3.8) is 0 Å². The summed E-state index contributed by atoms with van der Waals surface area (Å²) in [4.78, 5) is 9.02. The fourth-order valence-corrected chi connectivity index (χ4v) is 3.69. The monoisotopic (exact) mass is 310 g/mol. The molecule has 0 aromatic carbocycles. The van der Waals surface area contributed by atoms with E-state index in [-0.39, 0.29) is 10.8 Å². The maximum atomic E-state index is 12.0. The molecule has 1 saturated heterocycles. The minimum absolute atomic E-state index is 0.147. The van der Waals surface area contributed by atoms with Crippen molar-refractivity contribution in [1.82, 2.24) is 15.3 Å². The number of aromatic nitrogens is 2. The van der Waals surface area contributed by atoms with Gasteiger partial charge in [0.05, 0.1) is 11.9 Å². The average molecular weight is 310 g/mol. The Morgan fingerprint density at radius 3 is 2.67 bits per heavy atom. The van der Waals surface area contributed by atoms with E-state index in [9.17, 15) is 8.42 Å². The van der Waals surface area contributed by atoms with Crippen LogP contribution >= 0.6 is 0 Å². The number of piperidine rings is 1. The van der Waals surface area contributed by atoms with E-state index < -0.39 is 9.84 Å². The zero-order chi connectivity index (χ0) is 14.9. The normalized spacial score (nSPS) is 23.6. The second-order valence-corrected chi connectivity index (χ2v) is 8.01. The number of hydrogen-bond acceptors (Lipinski definition) is 6. The summed E-state index contributed by atoms with van der Waals surface area (Å²) in [5.41, 5.74) is 0.668. The van der Waals surface area contributed by atoms with Gasteiger partial charge >= 0.3 is 0 Å². The molecule has 0 unspecified atom stereocenters. The van der Waals surface area contributed by atoms with Crippen LogP contribution in [-0.4, -0.2) is 43.8 Å². The molecule has 21 heavy (non-hydrogen) atoms. The molecular weight excluding hydrogens is 288 g/mol. The Morgan fingerprint density at radius 2 is 2.10 bits per heavy atom. The van der Waals surface area contributed by atoms with Gasteiger partial charge in [0.2, 0.25) is 5.95 Å². The van der Waals surface area contributed by atoms with Gasteiger partial charge in [0, 0.05) is 24.8 Å². The lowest BCUT2D eigenvalue weighted by Crippen LogP contribution is -2.31. The SMILES string of the molecule is CS(=O)(=O)c1cnc(NC2CCC2)nc1[C@H]1CCCNC1. The third kappa shape index (κ3) is 3.35. The standard InChI is InChI=1S/C14H22N4O2S/c1-21(19,20)12-9-16-14(17-11-5-2-6-11)18-13(12)10-4-3-7-15-8-10/h9-11,15H,2-8H2,1H3,(H,16,17,18)/t10-/m0/s1. The third-order valence-electron chi connectivity index (χ3n) is 4.30. The second-order valence-electron chi connectivity index (χ2n) is 6.03. The largest absolute Gasteiger partial charge is 0.351 e. The van der Waals surface area contributed by atoms with Crippen molar-refractivity contribution in [3.05, 3.63) is 11.9 Å². The fourth-order valence-electron chi connectivity index (χ4n) is 2.85. The topological polar surface area (TPSA) is 84.0 Å². The van der Waals surface area contributed by atoms with Crippen molar-refractivity contribution in [2.75, 3.05) is 24.7 Å². The summed E-state index contributed by atoms with van der Waals surface area (Å²) < 4.78 is 24.0. The summed E-state index contributed by atoms with van der Waals surface area (Å²) in [6.07, 6.45) is 8.21. The van der Waals surface area contributed by atoms with Gasteiger partial charge in [-0.05, 0) is 38.6 Å². The van der Waals surface area contributed by atoms with Crippen LogP contribution < -0.4 is 10.6 Å². The molecule has 1 aliphatic carbocycles. The first-order chi connectivity index (χ1) is 10.0. The molecule has 1 aromatic rings. The Balaban J connectivity index is 1.92. The van der Waals surface area contributed by atoms with Gasteiger partial charge in [-0.1, -0.05) is 0 Å². The first-order valence-corrected chi connectivity index (χ1v) is 9.47. The average Bonchev–Trinajstić information content (AvgIpc) is 2.42. The molecule has 6 nitrogen and oxygen atoms in total. The molecule has 1 aromatic heterocycles. The summed E-state index contributed by atoms with van der Waals surface area (Å²) >= 11 is 0. The van der Waals surface area contributed by atoms with Crippen LogP contribution in [0.5, 0.6) is 0 Å². The van der Waals surface area contributed by atoms with Crippen LogP contribution in [0.2, 0.25) is 0 Å². The Kier molecular flexibility index (Phi) is 4.12. The molecule has 0 bridgehead atoms. The lowest BCUT2D eigenvalue weighted by molar-refractivity contribution is 0.437. The molecule has 1 saturated carbocycles. The number of anilines is 1. The molecule has 2 N–H and O–H groups in total. The van der Waals surface area contributed by atoms with Crippen LogP contribution in [0.1, 0.15) is 43.7 Å². The lowest BCUT2D eigenvalue weighted by atomic mass is 9.93. The molecule has 2 aliphatic rings. The highest BCUT2D eigenvalue weighted by molar-refractivity contribution is 7.90. The highest BCUT2D eigenvalue weighted by Crippen LogP contribution is 2.29. The molecule has 116 valence electrons. The van der Waals surface area contributed by atoms with E-state index in [1.807, 2.05) is 0 Å². The number of rotatable bonds is 4. The van der Waals surface area contributed by atoms with Crippen molar-refractivity contribution >= 4 is 15.8 Å². The molecule has 1 atom stereocenters. The van der Waals surface area contributed by atoms with E-state index >= 15 is 0 Å². The summed E-state index contributed by atoms with van der Waals surface area (Å²) in [5.74, 6) is 0.709. The second kappa shape index (κ2) is 5.88. The van der Waals surface area contributed by atoms with Crippen LogP contribution in [0.4, 0.5) is 5.95 Å². The van der Waals surface area contributed by atoms with Gasteiger partial charge in [-0.3, -0.25) is 0 Å². The maximum absolute atomic E-state index is 12.0. The molecule has 0 amide bonds. The first-order valence-electron chi connectivity index (χ1n) is 7.58. The molecule has 0 radical (unpaired) electrons. The number of nitrogens with zero attached hydrogens (tertiary/aromatic N) is 2. The third-order valence-corrected chi connectivity index (χ3v) is 5.42. The van der Waals surface area contributed by atoms with Crippen LogP contribution in [0.3, 0.4) is 0 Å². The van der Waals surface area contributed by atoms with Crippen LogP contribution in [0, 0.1) is 0 Å². The van der Waals surface area contributed by atoms with Crippen molar-refractivity contribution in [3.8, 4) is 0 Å². The molecule has 0 spiro atoms. The number of sulfone groups is 1. The molecule has 3 rings (SSSR count). The first kappa shape index (κ1) is 14.7. The van der Waals surface area contributed by atoms with E-state index in [1.54, 1.807) is 0 Å². The van der Waals surface area contributed by atoms with Crippen molar-refractivity contribution in [2.24, 2.45) is 0 Å². The Labute approximate surface area is 125 Å². The summed E-state index contributed by atoms with van der Waals surface area (Å²) in [5, 5.41) is 6.62. The van der Waals surface area contributed by atoms with E-state index in [0.717, 1.165) is 38.8 Å². The Hall–Kier alpha value is -1.21. The minimum atomic E-state index is -3.30. The van der Waals surface area contributed by atoms with Crippen molar-refractivity contribution in [1.29, 1.82) is 0 Å². The van der Waals surface area contributed by atoms with E-state index in [1.165, 1.54) is 18.9 Å². The van der Waals surface area contributed by atoms with E-state index in [2.05, 4.69) is 20.6 Å². The highest BCUT2D eigenvalue weighted by Gasteiger charge is 2.26. The summed E-state index contributed by atoms with van der Waals surface area (Å²) in [6, 6.07) is 0.436. The van der Waals surface area contributed by atoms with Gasteiger partial charge in [0.1, 0.15) is 4.90 Å². The fraction of sp³-hybridized carbons (Fsp3) is 0.714. The van der Waals surface area contributed by atoms with Crippen molar-refractivity contribution < 1.29 is 8.42 Å². The Bertz CT molecular complexity index is 607. The quantitative estimate of drug-likeness (QED) is 0.872. The van der Waals surface area contributed by atoms with Gasteiger partial charge in [-0.15, -0.1) is 0 Å². The predicted octanol–water partition coefficient (Wildman–Crippen LogP) is 1.31. The minimum Gasteiger partial charge on any atom is -0.351 e. The van der Waals surface area contributed by atoms with E-state index in [4.69, 9.17) is 0 Å². The zero-order valence-electron chi connectivity index (χ0n) is 12.3. The lowest BCUT2D eigenvalue weighted by Gasteiger charge is -2.28. The molecular formula is C14H22N4O2S. The number of nitrogens with one attached hydrogen (secondary N) is 2. The maximum Gasteiger partial charge on any atom is 0.223 e. The highest BCUT2D eigenvalue weighted by atomic mass is 32.2. The summed E-state index contributed by atoms with van der Waals surface area (Å²) in [6.45, 7) is 1.77. The van der Waals surface area contributed by atoms with Gasteiger partial charge < -0.3 is 10.6 Å². The Morgan fingerprint density at radius 1 is 1.29 bits per heavy atom. The van der Waals surface area contributed by atoms with E-state index in [0.29, 0.717) is 17.7 Å². The van der Waals surface area contributed by atoms with Crippen LogP contribution in [0.25, 0.3) is 0 Å². The molecule has 2 fully saturated rings. The zero-order valence-corrected chi connectivity index (χ0v) is 13.1. The van der Waals surface area contributed by atoms with Crippen LogP contribution in [-0.2, 0) is 9.84 Å². The molecule has 1 aliphatic heterocycles. The smallest absolute Gasteiger partial charge is 0.223 e. The van der Waals surface area contributed by atoms with Gasteiger partial charge in [0.25, 0.3) is 0 Å². The van der Waals surface area contributed by atoms with Crippen molar-refractivity contribution in [2.45, 2.75) is 49.0 Å². The summed E-state index contributed by atoms with van der Waals surface area (Å²) in [7, 11) is -3.30. The molecule has 7 heteroatoms. The van der Waals surface area contributed by atoms with Crippen LogP contribution in [0.15, 0.2) is 11.1 Å². The predicted molar refractivity (Wildman–Crippen MR) is 81.2 cm³/mol. The number of hydrogen-bond donors (Lipinski definition) is 2. The molecule has 2 heterocycles. The van der Waals surface area contributed by atoms with Gasteiger partial charge in [-0.25, -0.2) is 18.4 Å². The van der Waals surface area contributed by atoms with Gasteiger partial charge in [-0.2, -0.15) is 0 Å².